The third-order valence-electron chi connectivity index (χ3n) is 5.26. The van der Waals surface area contributed by atoms with E-state index in [0.717, 1.165) is 0 Å². The Morgan fingerprint density at radius 2 is 1.64 bits per heavy atom. The number of fused-ring (bicyclic) bond motifs is 1. The molecule has 0 aliphatic carbocycles. The van der Waals surface area contributed by atoms with E-state index < -0.39 is 0 Å². The van der Waals surface area contributed by atoms with Gasteiger partial charge in [0.2, 0.25) is 23.5 Å². The smallest absolute Gasteiger partial charge is 0.493 e. The maximum atomic E-state index is 13.2. The number of hydrogen-bond donors (Lipinski definition) is 2. The molecule has 1 heterocycles. The highest BCUT2D eigenvalue weighted by atomic mass is 35.5. The van der Waals surface area contributed by atoms with Crippen LogP contribution in [0.25, 0.3) is 16.6 Å². The topological polar surface area (TPSA) is 83.8 Å². The summed E-state index contributed by atoms with van der Waals surface area (Å²) < 4.78 is 13.1. The summed E-state index contributed by atoms with van der Waals surface area (Å²) in [5.74, 6) is 0.417. The number of halogens is 2. The predicted molar refractivity (Wildman–Crippen MR) is 123 cm³/mol. The normalized spacial score (nSPS) is 10.9. The lowest BCUT2D eigenvalue weighted by Crippen LogP contribution is -2.49. The zero-order valence-electron chi connectivity index (χ0n) is 17.8. The quantitative estimate of drug-likeness (QED) is 0.317. The van der Waals surface area contributed by atoms with E-state index in [1.54, 1.807) is 54.6 Å². The van der Waals surface area contributed by atoms with Crippen LogP contribution in [-0.4, -0.2) is 30.2 Å². The van der Waals surface area contributed by atoms with Crippen molar-refractivity contribution in [3.63, 3.8) is 0 Å². The summed E-state index contributed by atoms with van der Waals surface area (Å²) in [6.07, 6.45) is 0. The van der Waals surface area contributed by atoms with Gasteiger partial charge in [0.15, 0.2) is 16.9 Å². The van der Waals surface area contributed by atoms with Gasteiger partial charge in [-0.1, -0.05) is 39.9 Å². The summed E-state index contributed by atoms with van der Waals surface area (Å²) in [7, 11) is 3.00. The molecule has 1 aromatic heterocycles. The molecule has 0 aliphatic heterocycles. The summed E-state index contributed by atoms with van der Waals surface area (Å²) in [5, 5.41) is 23.1. The minimum atomic E-state index is -0.363. The summed E-state index contributed by atoms with van der Waals surface area (Å²) in [6.45, 7) is -0.205. The molecule has 0 spiro atoms. The van der Waals surface area contributed by atoms with Crippen molar-refractivity contribution in [3.05, 3.63) is 76.3 Å². The molecule has 0 amide bonds. The molecular weight excluding hydrogens is 467 g/mol. The fourth-order valence-electron chi connectivity index (χ4n) is 3.60. The first-order valence-corrected chi connectivity index (χ1v) is 10.6. The van der Waals surface area contributed by atoms with Gasteiger partial charge in [0, 0.05) is 23.8 Å². The molecule has 0 radical (unpaired) electrons. The third-order valence-corrected chi connectivity index (χ3v) is 6.00. The van der Waals surface area contributed by atoms with Gasteiger partial charge in [-0.3, -0.25) is 4.79 Å². The first-order valence-electron chi connectivity index (χ1n) is 9.85. The Morgan fingerprint density at radius 3 is 2.33 bits per heavy atom. The minimum Gasteiger partial charge on any atom is -0.493 e. The van der Waals surface area contributed by atoms with Gasteiger partial charge in [-0.25, -0.2) is 0 Å². The molecule has 0 bridgehead atoms. The molecule has 0 fully saturated rings. The van der Waals surface area contributed by atoms with Crippen molar-refractivity contribution in [2.75, 3.05) is 14.2 Å². The Kier molecular flexibility index (Phi) is 6.26. The molecule has 0 aliphatic rings. The Morgan fingerprint density at radius 1 is 0.909 bits per heavy atom. The number of rotatable bonds is 6. The Balaban J connectivity index is 1.87. The number of aromatic hydroxyl groups is 2. The van der Waals surface area contributed by atoms with Crippen molar-refractivity contribution < 1.29 is 33.6 Å². The van der Waals surface area contributed by atoms with E-state index in [0.29, 0.717) is 38.7 Å². The average Bonchev–Trinajstić information content (AvgIpc) is 2.83. The number of ketones is 1. The summed E-state index contributed by atoms with van der Waals surface area (Å²) in [5.41, 5.74) is 1.22. The summed E-state index contributed by atoms with van der Waals surface area (Å²) in [4.78, 5) is 13.2. The zero-order chi connectivity index (χ0) is 23.7. The number of benzene rings is 3. The maximum Gasteiger partial charge on any atom is 0.638 e. The van der Waals surface area contributed by atoms with E-state index >= 15 is 0 Å². The Labute approximate surface area is 199 Å². The molecule has 2 N–H and O–H groups in total. The van der Waals surface area contributed by atoms with Gasteiger partial charge in [0.05, 0.1) is 24.3 Å². The lowest BCUT2D eigenvalue weighted by Gasteiger charge is -2.09. The van der Waals surface area contributed by atoms with E-state index in [-0.39, 0.29) is 29.2 Å². The fraction of sp³-hybridized carbons (Fsp3) is 0.125. The minimum absolute atomic E-state index is 0.205. The predicted octanol–water partition coefficient (Wildman–Crippen LogP) is 4.02. The lowest BCUT2D eigenvalue weighted by atomic mass is 10.1. The van der Waals surface area contributed by atoms with Crippen LogP contribution in [0, 0.1) is 0 Å². The van der Waals surface area contributed by atoms with Gasteiger partial charge in [-0.15, -0.1) is 0 Å². The van der Waals surface area contributed by atoms with Crippen LogP contribution in [-0.2, 0) is 6.54 Å². The monoisotopic (exact) mass is 486 g/mol. The Hall–Kier alpha value is -3.55. The van der Waals surface area contributed by atoms with Gasteiger partial charge in [0.25, 0.3) is 0 Å². The van der Waals surface area contributed by atoms with Crippen molar-refractivity contribution in [3.8, 4) is 29.1 Å². The number of methoxy groups -OCH3 is 2. The van der Waals surface area contributed by atoms with Crippen LogP contribution in [0.4, 0.5) is 0 Å². The number of Topliss-reactive ketones (excluding diaryl/α,β-unsaturated/α-hetero) is 1. The van der Waals surface area contributed by atoms with Gasteiger partial charge in [-0.05, 0) is 34.9 Å². The van der Waals surface area contributed by atoms with Crippen LogP contribution in [0.5, 0.6) is 23.4 Å². The van der Waals surface area contributed by atoms with Crippen LogP contribution < -0.4 is 18.6 Å². The summed E-state index contributed by atoms with van der Waals surface area (Å²) in [6, 6.07) is 16.0. The number of carbonyl (C=O) groups is 1. The SMILES string of the molecule is COc1ccc(C(=O)C[n+]2c(O)[n+](-c3ccc(Cl)c(Cl)c3)c(O)c3ccccc32)cc1OC. The van der Waals surface area contributed by atoms with Crippen molar-refractivity contribution >= 4 is 39.9 Å². The van der Waals surface area contributed by atoms with Gasteiger partial charge < -0.3 is 19.7 Å². The molecule has 33 heavy (non-hydrogen) atoms. The molecule has 0 unspecified atom stereocenters. The number of ether oxygens (including phenoxy) is 2. The van der Waals surface area contributed by atoms with Gasteiger partial charge in [0.1, 0.15) is 0 Å². The van der Waals surface area contributed by atoms with E-state index in [1.807, 2.05) is 0 Å². The van der Waals surface area contributed by atoms with E-state index in [9.17, 15) is 15.0 Å². The van der Waals surface area contributed by atoms with Crippen LogP contribution in [0.2, 0.25) is 10.0 Å². The first-order chi connectivity index (χ1) is 15.8. The molecule has 9 heteroatoms. The van der Waals surface area contributed by atoms with Crippen molar-refractivity contribution in [1.82, 2.24) is 0 Å². The van der Waals surface area contributed by atoms with Crippen LogP contribution in [0.15, 0.2) is 60.7 Å². The molecule has 0 saturated carbocycles. The number of hydrogen-bond acceptors (Lipinski definition) is 5. The lowest BCUT2D eigenvalue weighted by molar-refractivity contribution is -0.774. The van der Waals surface area contributed by atoms with E-state index in [2.05, 4.69) is 0 Å². The summed E-state index contributed by atoms with van der Waals surface area (Å²) >= 11 is 12.2. The molecule has 0 saturated heterocycles. The van der Waals surface area contributed by atoms with Crippen molar-refractivity contribution in [1.29, 1.82) is 0 Å². The molecule has 0 atom stereocenters. The van der Waals surface area contributed by atoms with Crippen molar-refractivity contribution in [2.24, 2.45) is 0 Å². The Bertz CT molecular complexity index is 1390. The number of aromatic nitrogens is 2. The van der Waals surface area contributed by atoms with Crippen molar-refractivity contribution in [2.45, 2.75) is 6.54 Å². The second kappa shape index (κ2) is 9.13. The third kappa shape index (κ3) is 4.13. The molecule has 4 aromatic rings. The van der Waals surface area contributed by atoms with E-state index in [4.69, 9.17) is 32.7 Å². The molecule has 7 nitrogen and oxygen atoms in total. The molecular formula is C24H20Cl2N2O5+2. The maximum absolute atomic E-state index is 13.2. The van der Waals surface area contributed by atoms with Gasteiger partial charge in [-0.2, -0.15) is 0 Å². The molecule has 4 rings (SSSR count). The second-order valence-corrected chi connectivity index (χ2v) is 7.97. The molecule has 168 valence electrons. The van der Waals surface area contributed by atoms with E-state index in [1.165, 1.54) is 29.4 Å². The highest BCUT2D eigenvalue weighted by Gasteiger charge is 2.36. The zero-order valence-corrected chi connectivity index (χ0v) is 19.3. The standard InChI is InChI=1S/C24H18Cl2N2O5/c1-32-21-10-7-14(11-22(21)33-2)20(29)13-27-19-6-4-3-5-16(19)23(30)28(24(27)31)15-8-9-17(25)18(26)12-15/h3-12H,13H2,1-2H3/p+2. The number of carbonyl (C=O) groups excluding carboxylic acids is 1. The fourth-order valence-corrected chi connectivity index (χ4v) is 3.90. The largest absolute Gasteiger partial charge is 0.638 e. The highest BCUT2D eigenvalue weighted by molar-refractivity contribution is 6.42. The first kappa shape index (κ1) is 22.6. The number of para-hydroxylation sites is 1. The molecule has 3 aromatic carbocycles. The van der Waals surface area contributed by atoms with Gasteiger partial charge >= 0.3 is 11.9 Å². The van der Waals surface area contributed by atoms with Crippen LogP contribution in [0.1, 0.15) is 10.4 Å². The highest BCUT2D eigenvalue weighted by Crippen LogP contribution is 2.29. The van der Waals surface area contributed by atoms with Crippen LogP contribution >= 0.6 is 23.2 Å². The average molecular weight is 487 g/mol. The number of nitrogens with zero attached hydrogens (tertiary/aromatic N) is 2. The second-order valence-electron chi connectivity index (χ2n) is 7.15. The van der Waals surface area contributed by atoms with Crippen LogP contribution in [0.3, 0.4) is 0 Å².